The normalized spacial score (nSPS) is 16.4. The number of aliphatic carboxylic acids is 1. The first kappa shape index (κ1) is 13.4. The Kier molecular flexibility index (Phi) is 3.74. The molecule has 0 saturated carbocycles. The third-order valence-electron chi connectivity index (χ3n) is 3.68. The number of carboxylic acid groups (broad SMARTS) is 1. The largest absolute Gasteiger partial charge is 0.481 e. The molecular formula is C14H18N2O3. The maximum absolute atomic E-state index is 11.2. The topological polar surface area (TPSA) is 83.6 Å². The molecule has 1 amide bonds. The molecule has 0 aromatic heterocycles. The number of rotatable bonds is 3. The van der Waals surface area contributed by atoms with Crippen LogP contribution in [0.3, 0.4) is 0 Å². The smallest absolute Gasteiger partial charge is 0.306 e. The third kappa shape index (κ3) is 2.86. The summed E-state index contributed by atoms with van der Waals surface area (Å²) in [6.07, 6.45) is 1.32. The van der Waals surface area contributed by atoms with Crippen molar-refractivity contribution in [2.24, 2.45) is 11.7 Å². The van der Waals surface area contributed by atoms with Crippen LogP contribution in [0.1, 0.15) is 28.8 Å². The number of hydrogen-bond donors (Lipinski definition) is 2. The van der Waals surface area contributed by atoms with Crippen LogP contribution in [-0.2, 0) is 4.79 Å². The number of piperidine rings is 1. The van der Waals surface area contributed by atoms with Gasteiger partial charge in [0.05, 0.1) is 5.92 Å². The highest BCUT2D eigenvalue weighted by Gasteiger charge is 2.24. The van der Waals surface area contributed by atoms with Crippen molar-refractivity contribution in [2.75, 3.05) is 18.0 Å². The predicted molar refractivity (Wildman–Crippen MR) is 72.3 cm³/mol. The fourth-order valence-corrected chi connectivity index (χ4v) is 2.51. The van der Waals surface area contributed by atoms with Gasteiger partial charge >= 0.3 is 5.97 Å². The van der Waals surface area contributed by atoms with Gasteiger partial charge in [-0.3, -0.25) is 9.59 Å². The van der Waals surface area contributed by atoms with Crippen molar-refractivity contribution in [3.8, 4) is 0 Å². The van der Waals surface area contributed by atoms with Gasteiger partial charge < -0.3 is 15.7 Å². The van der Waals surface area contributed by atoms with Crippen LogP contribution in [0.5, 0.6) is 0 Å². The number of primary amides is 1. The van der Waals surface area contributed by atoms with Crippen LogP contribution < -0.4 is 10.6 Å². The van der Waals surface area contributed by atoms with Crippen LogP contribution in [0.15, 0.2) is 18.2 Å². The first-order chi connectivity index (χ1) is 8.99. The zero-order chi connectivity index (χ0) is 14.0. The molecule has 1 aliphatic rings. The first-order valence-electron chi connectivity index (χ1n) is 6.37. The molecule has 1 saturated heterocycles. The van der Waals surface area contributed by atoms with E-state index in [1.54, 1.807) is 6.07 Å². The minimum atomic E-state index is -0.708. The van der Waals surface area contributed by atoms with Crippen molar-refractivity contribution in [3.05, 3.63) is 29.3 Å². The van der Waals surface area contributed by atoms with E-state index in [9.17, 15) is 9.59 Å². The summed E-state index contributed by atoms with van der Waals surface area (Å²) in [4.78, 5) is 24.2. The molecule has 1 aliphatic heterocycles. The number of carboxylic acids is 1. The molecule has 19 heavy (non-hydrogen) atoms. The number of hydrogen-bond acceptors (Lipinski definition) is 3. The quantitative estimate of drug-likeness (QED) is 0.862. The molecule has 1 heterocycles. The maximum atomic E-state index is 11.2. The van der Waals surface area contributed by atoms with E-state index in [1.807, 2.05) is 19.1 Å². The molecule has 0 radical (unpaired) electrons. The lowest BCUT2D eigenvalue weighted by Gasteiger charge is -2.32. The SMILES string of the molecule is Cc1cc(N2CCC(C(=O)O)CC2)ccc1C(N)=O. The average molecular weight is 262 g/mol. The Hall–Kier alpha value is -2.04. The predicted octanol–water partition coefficient (Wildman–Crippen LogP) is 1.39. The van der Waals surface area contributed by atoms with Crippen LogP contribution in [0.4, 0.5) is 5.69 Å². The zero-order valence-electron chi connectivity index (χ0n) is 10.9. The van der Waals surface area contributed by atoms with Gasteiger partial charge in [0, 0.05) is 24.3 Å². The summed E-state index contributed by atoms with van der Waals surface area (Å²) in [6.45, 7) is 3.31. The van der Waals surface area contributed by atoms with E-state index in [0.29, 0.717) is 18.4 Å². The second-order valence-electron chi connectivity index (χ2n) is 4.96. The fraction of sp³-hybridized carbons (Fsp3) is 0.429. The Morgan fingerprint density at radius 3 is 2.42 bits per heavy atom. The van der Waals surface area contributed by atoms with Gasteiger partial charge in [-0.1, -0.05) is 0 Å². The summed E-state index contributed by atoms with van der Waals surface area (Å²) in [5.41, 5.74) is 7.68. The fourth-order valence-electron chi connectivity index (χ4n) is 2.51. The minimum Gasteiger partial charge on any atom is -0.481 e. The third-order valence-corrected chi connectivity index (χ3v) is 3.68. The molecule has 0 aliphatic carbocycles. The highest BCUT2D eigenvalue weighted by Crippen LogP contribution is 2.25. The molecule has 102 valence electrons. The van der Waals surface area contributed by atoms with Gasteiger partial charge in [-0.2, -0.15) is 0 Å². The summed E-state index contributed by atoms with van der Waals surface area (Å²) in [7, 11) is 0. The van der Waals surface area contributed by atoms with Gasteiger partial charge in [0.2, 0.25) is 5.91 Å². The summed E-state index contributed by atoms with van der Waals surface area (Å²) < 4.78 is 0. The molecule has 1 aromatic rings. The lowest BCUT2D eigenvalue weighted by molar-refractivity contribution is -0.142. The van der Waals surface area contributed by atoms with Crippen LogP contribution in [-0.4, -0.2) is 30.1 Å². The highest BCUT2D eigenvalue weighted by molar-refractivity contribution is 5.94. The molecule has 0 atom stereocenters. The summed E-state index contributed by atoms with van der Waals surface area (Å²) >= 11 is 0. The molecular weight excluding hydrogens is 244 g/mol. The van der Waals surface area contributed by atoms with Crippen LogP contribution in [0.25, 0.3) is 0 Å². The van der Waals surface area contributed by atoms with Gasteiger partial charge in [-0.25, -0.2) is 0 Å². The lowest BCUT2D eigenvalue weighted by Crippen LogP contribution is -2.36. The van der Waals surface area contributed by atoms with Gasteiger partial charge in [0.15, 0.2) is 0 Å². The Bertz CT molecular complexity index is 505. The van der Waals surface area contributed by atoms with E-state index in [-0.39, 0.29) is 5.92 Å². The summed E-state index contributed by atoms with van der Waals surface area (Å²) in [5, 5.41) is 8.97. The Morgan fingerprint density at radius 1 is 1.32 bits per heavy atom. The van der Waals surface area contributed by atoms with Gasteiger partial charge in [0.1, 0.15) is 0 Å². The molecule has 3 N–H and O–H groups in total. The maximum Gasteiger partial charge on any atom is 0.306 e. The van der Waals surface area contributed by atoms with E-state index < -0.39 is 11.9 Å². The van der Waals surface area contributed by atoms with Crippen molar-refractivity contribution in [1.82, 2.24) is 0 Å². The molecule has 5 nitrogen and oxygen atoms in total. The molecule has 1 fully saturated rings. The number of aryl methyl sites for hydroxylation is 1. The van der Waals surface area contributed by atoms with Crippen molar-refractivity contribution >= 4 is 17.6 Å². The lowest BCUT2D eigenvalue weighted by atomic mass is 9.96. The summed E-state index contributed by atoms with van der Waals surface area (Å²) in [6, 6.07) is 5.53. The molecule has 0 unspecified atom stereocenters. The number of nitrogens with zero attached hydrogens (tertiary/aromatic N) is 1. The van der Waals surface area contributed by atoms with Crippen molar-refractivity contribution in [1.29, 1.82) is 0 Å². The molecule has 0 spiro atoms. The number of carbonyl (C=O) groups is 2. The van der Waals surface area contributed by atoms with Crippen LogP contribution >= 0.6 is 0 Å². The Balaban J connectivity index is 2.10. The minimum absolute atomic E-state index is 0.234. The molecule has 1 aromatic carbocycles. The van der Waals surface area contributed by atoms with Gasteiger partial charge in [-0.15, -0.1) is 0 Å². The summed E-state index contributed by atoms with van der Waals surface area (Å²) in [5.74, 6) is -1.37. The van der Waals surface area contributed by atoms with E-state index in [0.717, 1.165) is 24.3 Å². The van der Waals surface area contributed by atoms with Crippen LogP contribution in [0, 0.1) is 12.8 Å². The standard InChI is InChI=1S/C14H18N2O3/c1-9-8-11(2-3-12(9)13(15)17)16-6-4-10(5-7-16)14(18)19/h2-3,8,10H,4-7H2,1H3,(H2,15,17)(H,18,19). The number of anilines is 1. The Labute approximate surface area is 112 Å². The number of carbonyl (C=O) groups excluding carboxylic acids is 1. The molecule has 2 rings (SSSR count). The van der Waals surface area contributed by atoms with Gasteiger partial charge in [-0.05, 0) is 43.5 Å². The number of benzene rings is 1. The first-order valence-corrected chi connectivity index (χ1v) is 6.37. The van der Waals surface area contributed by atoms with Crippen molar-refractivity contribution < 1.29 is 14.7 Å². The van der Waals surface area contributed by atoms with E-state index >= 15 is 0 Å². The second-order valence-corrected chi connectivity index (χ2v) is 4.96. The molecule has 0 bridgehead atoms. The van der Waals surface area contributed by atoms with Gasteiger partial charge in [0.25, 0.3) is 0 Å². The highest BCUT2D eigenvalue weighted by atomic mass is 16.4. The van der Waals surface area contributed by atoms with E-state index in [1.165, 1.54) is 0 Å². The van der Waals surface area contributed by atoms with Crippen molar-refractivity contribution in [2.45, 2.75) is 19.8 Å². The molecule has 5 heteroatoms. The second kappa shape index (κ2) is 5.30. The van der Waals surface area contributed by atoms with Crippen molar-refractivity contribution in [3.63, 3.8) is 0 Å². The number of amides is 1. The monoisotopic (exact) mass is 262 g/mol. The Morgan fingerprint density at radius 2 is 1.95 bits per heavy atom. The zero-order valence-corrected chi connectivity index (χ0v) is 10.9. The number of nitrogens with two attached hydrogens (primary N) is 1. The van der Waals surface area contributed by atoms with E-state index in [4.69, 9.17) is 10.8 Å². The van der Waals surface area contributed by atoms with Crippen LogP contribution in [0.2, 0.25) is 0 Å². The van der Waals surface area contributed by atoms with E-state index in [2.05, 4.69) is 4.90 Å². The average Bonchev–Trinajstić information content (AvgIpc) is 2.38.